The Morgan fingerprint density at radius 2 is 2.25 bits per heavy atom. The van der Waals surface area contributed by atoms with E-state index >= 15 is 0 Å². The summed E-state index contributed by atoms with van der Waals surface area (Å²) in [5, 5.41) is 8.07. The van der Waals surface area contributed by atoms with Gasteiger partial charge in [-0.25, -0.2) is 0 Å². The molecule has 0 aromatic carbocycles. The van der Waals surface area contributed by atoms with Crippen molar-refractivity contribution in [2.45, 2.75) is 12.8 Å². The molecule has 0 spiro atoms. The summed E-state index contributed by atoms with van der Waals surface area (Å²) in [7, 11) is 0. The van der Waals surface area contributed by atoms with Gasteiger partial charge in [-0.15, -0.1) is 0 Å². The van der Waals surface area contributed by atoms with E-state index < -0.39 is 5.97 Å². The summed E-state index contributed by atoms with van der Waals surface area (Å²) in [5.41, 5.74) is 0. The van der Waals surface area contributed by atoms with Crippen LogP contribution in [0.2, 0.25) is 0 Å². The lowest BCUT2D eigenvalue weighted by Gasteiger charge is -1.79. The predicted octanol–water partition coefficient (Wildman–Crippen LogP) is 1.24. The number of rotatable bonds is 3. The SMILES string of the molecule is [CH2]C/C=C/CC(=O)O. The van der Waals surface area contributed by atoms with E-state index in [4.69, 9.17) is 5.11 Å². The van der Waals surface area contributed by atoms with E-state index in [1.54, 1.807) is 12.2 Å². The fraction of sp³-hybridized carbons (Fsp3) is 0.333. The molecule has 0 amide bonds. The molecule has 0 saturated carbocycles. The Kier molecular flexibility index (Phi) is 3.94. The lowest BCUT2D eigenvalue weighted by atomic mass is 10.3. The summed E-state index contributed by atoms with van der Waals surface area (Å²) in [4.78, 5) is 9.80. The molecule has 0 bridgehead atoms. The molecule has 0 fully saturated rings. The highest BCUT2D eigenvalue weighted by atomic mass is 16.4. The smallest absolute Gasteiger partial charge is 0.307 e. The zero-order chi connectivity index (χ0) is 6.41. The van der Waals surface area contributed by atoms with Gasteiger partial charge in [0.05, 0.1) is 6.42 Å². The monoisotopic (exact) mass is 113 g/mol. The van der Waals surface area contributed by atoms with Gasteiger partial charge in [-0.05, 0) is 13.3 Å². The topological polar surface area (TPSA) is 37.3 Å². The Balaban J connectivity index is 3.16. The van der Waals surface area contributed by atoms with Crippen LogP contribution in [0.1, 0.15) is 12.8 Å². The second kappa shape index (κ2) is 4.37. The third kappa shape index (κ3) is 5.21. The average molecular weight is 113 g/mol. The first kappa shape index (κ1) is 7.21. The van der Waals surface area contributed by atoms with E-state index in [-0.39, 0.29) is 6.42 Å². The molecule has 0 atom stereocenters. The van der Waals surface area contributed by atoms with Crippen LogP contribution >= 0.6 is 0 Å². The van der Waals surface area contributed by atoms with Gasteiger partial charge in [-0.2, -0.15) is 0 Å². The number of carboxylic acids is 1. The zero-order valence-corrected chi connectivity index (χ0v) is 4.63. The number of carbonyl (C=O) groups is 1. The number of allylic oxidation sites excluding steroid dienone is 1. The van der Waals surface area contributed by atoms with Crippen LogP contribution in [0.4, 0.5) is 0 Å². The fourth-order valence-corrected chi connectivity index (χ4v) is 0.302. The lowest BCUT2D eigenvalue weighted by molar-refractivity contribution is -0.136. The van der Waals surface area contributed by atoms with Gasteiger partial charge in [-0.3, -0.25) is 4.79 Å². The number of hydrogen-bond donors (Lipinski definition) is 1. The first-order chi connectivity index (χ1) is 3.77. The molecule has 0 rings (SSSR count). The summed E-state index contributed by atoms with van der Waals surface area (Å²) in [6.45, 7) is 3.50. The molecule has 0 aromatic rings. The van der Waals surface area contributed by atoms with Gasteiger partial charge in [0.25, 0.3) is 0 Å². The van der Waals surface area contributed by atoms with Crippen molar-refractivity contribution in [3.63, 3.8) is 0 Å². The van der Waals surface area contributed by atoms with Crippen molar-refractivity contribution >= 4 is 5.97 Å². The maximum atomic E-state index is 9.80. The van der Waals surface area contributed by atoms with Crippen LogP contribution in [0.15, 0.2) is 12.2 Å². The maximum Gasteiger partial charge on any atom is 0.307 e. The minimum atomic E-state index is -0.797. The highest BCUT2D eigenvalue weighted by Crippen LogP contribution is 1.84. The molecule has 0 saturated heterocycles. The highest BCUT2D eigenvalue weighted by molar-refractivity contribution is 5.68. The van der Waals surface area contributed by atoms with E-state index in [1.807, 2.05) is 0 Å². The van der Waals surface area contributed by atoms with Gasteiger partial charge in [0, 0.05) is 0 Å². The maximum absolute atomic E-state index is 9.80. The van der Waals surface area contributed by atoms with Crippen LogP contribution in [-0.2, 0) is 4.79 Å². The largest absolute Gasteiger partial charge is 0.481 e. The van der Waals surface area contributed by atoms with Gasteiger partial charge in [0.2, 0.25) is 0 Å². The summed E-state index contributed by atoms with van der Waals surface area (Å²) >= 11 is 0. The molecular weight excluding hydrogens is 104 g/mol. The molecule has 0 aliphatic heterocycles. The van der Waals surface area contributed by atoms with Gasteiger partial charge >= 0.3 is 5.97 Å². The van der Waals surface area contributed by atoms with Crippen molar-refractivity contribution in [2.75, 3.05) is 0 Å². The van der Waals surface area contributed by atoms with Crippen molar-refractivity contribution in [3.05, 3.63) is 19.1 Å². The minimum Gasteiger partial charge on any atom is -0.481 e. The molecular formula is C6H9O2. The van der Waals surface area contributed by atoms with E-state index in [0.717, 1.165) is 0 Å². The average Bonchev–Trinajstić information content (AvgIpc) is 1.66. The molecule has 0 unspecified atom stereocenters. The normalized spacial score (nSPS) is 10.1. The van der Waals surface area contributed by atoms with Crippen molar-refractivity contribution in [1.82, 2.24) is 0 Å². The van der Waals surface area contributed by atoms with Crippen LogP contribution in [0.25, 0.3) is 0 Å². The summed E-state index contributed by atoms with van der Waals surface area (Å²) < 4.78 is 0. The Morgan fingerprint density at radius 1 is 1.62 bits per heavy atom. The van der Waals surface area contributed by atoms with Crippen LogP contribution in [0, 0.1) is 6.92 Å². The first-order valence-electron chi connectivity index (χ1n) is 2.43. The second-order valence-corrected chi connectivity index (χ2v) is 1.36. The van der Waals surface area contributed by atoms with Crippen molar-refractivity contribution < 1.29 is 9.90 Å². The van der Waals surface area contributed by atoms with E-state index in [1.165, 1.54) is 0 Å². The number of aliphatic carboxylic acids is 1. The van der Waals surface area contributed by atoms with Gasteiger partial charge in [0.15, 0.2) is 0 Å². The molecule has 0 aliphatic carbocycles. The molecule has 1 N–H and O–H groups in total. The first-order valence-corrected chi connectivity index (χ1v) is 2.43. The van der Waals surface area contributed by atoms with Gasteiger partial charge < -0.3 is 5.11 Å². The quantitative estimate of drug-likeness (QED) is 0.559. The van der Waals surface area contributed by atoms with Gasteiger partial charge in [0.1, 0.15) is 0 Å². The Labute approximate surface area is 48.8 Å². The third-order valence-corrected chi connectivity index (χ3v) is 0.626. The molecule has 0 heterocycles. The van der Waals surface area contributed by atoms with Crippen LogP contribution < -0.4 is 0 Å². The molecule has 2 nitrogen and oxygen atoms in total. The predicted molar refractivity (Wildman–Crippen MR) is 31.4 cm³/mol. The molecule has 2 heteroatoms. The van der Waals surface area contributed by atoms with Crippen molar-refractivity contribution in [2.24, 2.45) is 0 Å². The Bertz CT molecular complexity index is 94.7. The minimum absolute atomic E-state index is 0.107. The van der Waals surface area contributed by atoms with Crippen molar-refractivity contribution in [3.8, 4) is 0 Å². The second-order valence-electron chi connectivity index (χ2n) is 1.36. The van der Waals surface area contributed by atoms with E-state index in [0.29, 0.717) is 6.42 Å². The van der Waals surface area contributed by atoms with E-state index in [2.05, 4.69) is 6.92 Å². The van der Waals surface area contributed by atoms with Crippen molar-refractivity contribution in [1.29, 1.82) is 0 Å². The lowest BCUT2D eigenvalue weighted by Crippen LogP contribution is -1.89. The Morgan fingerprint density at radius 3 is 2.62 bits per heavy atom. The molecule has 45 valence electrons. The zero-order valence-electron chi connectivity index (χ0n) is 4.63. The number of hydrogen-bond acceptors (Lipinski definition) is 1. The Hall–Kier alpha value is -0.790. The fourth-order valence-electron chi connectivity index (χ4n) is 0.302. The van der Waals surface area contributed by atoms with E-state index in [9.17, 15) is 4.79 Å². The highest BCUT2D eigenvalue weighted by Gasteiger charge is 1.86. The summed E-state index contributed by atoms with van der Waals surface area (Å²) in [5.74, 6) is -0.797. The standard InChI is InChI=1S/C6H9O2/c1-2-3-4-5-6(7)8/h3-4H,1-2,5H2,(H,7,8)/b4-3+. The van der Waals surface area contributed by atoms with Crippen LogP contribution in [0.5, 0.6) is 0 Å². The molecule has 0 aliphatic rings. The van der Waals surface area contributed by atoms with Crippen LogP contribution in [-0.4, -0.2) is 11.1 Å². The summed E-state index contributed by atoms with van der Waals surface area (Å²) in [6, 6.07) is 0. The molecule has 0 aromatic heterocycles. The number of carboxylic acid groups (broad SMARTS) is 1. The summed E-state index contributed by atoms with van der Waals surface area (Å²) in [6.07, 6.45) is 4.09. The molecule has 8 heavy (non-hydrogen) atoms. The van der Waals surface area contributed by atoms with Crippen LogP contribution in [0.3, 0.4) is 0 Å². The molecule has 1 radical (unpaired) electrons. The third-order valence-electron chi connectivity index (χ3n) is 0.626. The van der Waals surface area contributed by atoms with Gasteiger partial charge in [-0.1, -0.05) is 12.2 Å².